The molecule has 4 saturated heterocycles. The molecule has 0 aliphatic carbocycles. The number of rotatable bonds is 67. The van der Waals surface area contributed by atoms with E-state index in [-0.39, 0.29) is 69.3 Å². The number of unbranched alkanes of at least 4 members (excludes halogenated alkanes) is 36. The zero-order chi connectivity index (χ0) is 62.8. The predicted octanol–water partition coefficient (Wildman–Crippen LogP) is 20.5. The molecule has 8 atom stereocenters. The van der Waals surface area contributed by atoms with E-state index in [2.05, 4.69) is 33.0 Å². The highest BCUT2D eigenvalue weighted by atomic mass is 16.6. The first kappa shape index (κ1) is 78.2. The zero-order valence-electron chi connectivity index (χ0n) is 57.8. The van der Waals surface area contributed by atoms with E-state index in [0.29, 0.717) is 74.5 Å². The van der Waals surface area contributed by atoms with Crippen molar-refractivity contribution in [3.8, 4) is 0 Å². The molecular formula is C76H139NO11. The van der Waals surface area contributed by atoms with Crippen molar-refractivity contribution in [2.45, 2.75) is 442 Å². The number of hydrogen-bond acceptors (Lipinski definition) is 11. The molecule has 0 radical (unpaired) electrons. The Morgan fingerprint density at radius 2 is 0.443 bits per heavy atom. The second-order valence-corrected chi connectivity index (χ2v) is 28.1. The van der Waals surface area contributed by atoms with Gasteiger partial charge in [-0.05, 0) is 77.0 Å². The summed E-state index contributed by atoms with van der Waals surface area (Å²) in [5.41, 5.74) is -1.41. The van der Waals surface area contributed by atoms with Gasteiger partial charge in [0.25, 0.3) is 0 Å². The van der Waals surface area contributed by atoms with Gasteiger partial charge < -0.3 is 38.5 Å². The highest BCUT2D eigenvalue weighted by Gasteiger charge is 2.40. The van der Waals surface area contributed by atoms with E-state index in [9.17, 15) is 19.2 Å². The van der Waals surface area contributed by atoms with E-state index in [0.717, 1.165) is 128 Å². The lowest BCUT2D eigenvalue weighted by Gasteiger charge is -2.33. The Kier molecular flexibility index (Phi) is 46.3. The van der Waals surface area contributed by atoms with Crippen molar-refractivity contribution in [1.82, 2.24) is 5.32 Å². The van der Waals surface area contributed by atoms with Crippen molar-refractivity contribution < 1.29 is 52.3 Å². The smallest absolute Gasteiger partial charge is 0.305 e. The van der Waals surface area contributed by atoms with Crippen molar-refractivity contribution in [3.63, 3.8) is 0 Å². The van der Waals surface area contributed by atoms with Crippen LogP contribution in [-0.4, -0.2) is 98.0 Å². The molecule has 4 aliphatic rings. The quantitative estimate of drug-likeness (QED) is 0.0267. The molecule has 4 heterocycles. The maximum absolute atomic E-state index is 14.0. The second-order valence-electron chi connectivity index (χ2n) is 28.1. The number of amides is 1. The molecule has 88 heavy (non-hydrogen) atoms. The van der Waals surface area contributed by atoms with Crippen LogP contribution in [0.2, 0.25) is 0 Å². The lowest BCUT2D eigenvalue weighted by atomic mass is 10.0. The molecular weight excluding hydrogens is 1100 g/mol. The molecule has 12 nitrogen and oxygen atoms in total. The Balaban J connectivity index is 1.22. The molecule has 12 heteroatoms. The van der Waals surface area contributed by atoms with Gasteiger partial charge in [-0.1, -0.05) is 285 Å². The minimum atomic E-state index is -1.41. The summed E-state index contributed by atoms with van der Waals surface area (Å²) in [5.74, 6) is -1.33. The lowest BCUT2D eigenvalue weighted by molar-refractivity contribution is -0.159. The van der Waals surface area contributed by atoms with E-state index < -0.39 is 5.54 Å². The number of carbonyl (C=O) groups is 4. The van der Waals surface area contributed by atoms with Gasteiger partial charge in [0.2, 0.25) is 5.91 Å². The topological polar surface area (TPSA) is 158 Å². The van der Waals surface area contributed by atoms with Crippen LogP contribution in [0.1, 0.15) is 387 Å². The fourth-order valence-electron chi connectivity index (χ4n) is 13.3. The van der Waals surface area contributed by atoms with E-state index in [1.54, 1.807) is 0 Å². The van der Waals surface area contributed by atoms with Gasteiger partial charge in [0.05, 0.1) is 48.8 Å². The van der Waals surface area contributed by atoms with Crippen LogP contribution in [-0.2, 0) is 52.3 Å². The van der Waals surface area contributed by atoms with Crippen LogP contribution in [0.15, 0.2) is 0 Å². The fourth-order valence-corrected chi connectivity index (χ4v) is 13.3. The summed E-state index contributed by atoms with van der Waals surface area (Å²) in [6.07, 6.45) is 65.2. The van der Waals surface area contributed by atoms with Crippen molar-refractivity contribution in [2.24, 2.45) is 0 Å². The molecule has 8 unspecified atom stereocenters. The predicted molar refractivity (Wildman–Crippen MR) is 360 cm³/mol. The molecule has 1 N–H and O–H groups in total. The van der Waals surface area contributed by atoms with Gasteiger partial charge in [-0.15, -0.1) is 0 Å². The summed E-state index contributed by atoms with van der Waals surface area (Å²) in [7, 11) is 0. The van der Waals surface area contributed by atoms with Crippen molar-refractivity contribution in [3.05, 3.63) is 0 Å². The molecule has 0 bridgehead atoms. The first-order chi connectivity index (χ1) is 43.2. The van der Waals surface area contributed by atoms with E-state index >= 15 is 0 Å². The summed E-state index contributed by atoms with van der Waals surface area (Å²) in [4.78, 5) is 54.4. The van der Waals surface area contributed by atoms with Gasteiger partial charge >= 0.3 is 17.9 Å². The minimum absolute atomic E-state index is 0.229. The molecule has 1 amide bonds. The average molecular weight is 1240 g/mol. The number of esters is 3. The van der Waals surface area contributed by atoms with Crippen LogP contribution < -0.4 is 5.32 Å². The van der Waals surface area contributed by atoms with Gasteiger partial charge in [0.1, 0.15) is 25.4 Å². The standard InChI is InChI=1S/C76H139NO11/c1-5-9-13-17-25-37-49-64-68(85-64)53-41-29-21-33-45-57-72(78)77-76(61-82-73(79)58-46-34-22-30-42-54-69-65(86-69)50-38-26-18-14-10-6-2,62-83-74(80)59-47-35-23-31-43-55-70-66(87-70)51-39-27-19-15-11-7-3)63-84-75(81)60-48-36-24-32-44-56-71-67(88-71)52-40-28-20-16-12-8-4/h64-71H,5-63H2,1-4H3,(H,77,78). The monoisotopic (exact) mass is 1240 g/mol. The molecule has 0 spiro atoms. The van der Waals surface area contributed by atoms with Gasteiger partial charge in [-0.2, -0.15) is 0 Å². The summed E-state index contributed by atoms with van der Waals surface area (Å²) in [6, 6.07) is 0. The Morgan fingerprint density at radius 1 is 0.261 bits per heavy atom. The molecule has 514 valence electrons. The second kappa shape index (κ2) is 52.1. The maximum atomic E-state index is 14.0. The Hall–Kier alpha value is -2.28. The summed E-state index contributed by atoms with van der Waals surface area (Å²) in [6.45, 7) is 8.29. The normalized spacial score (nSPS) is 21.5. The first-order valence-electron chi connectivity index (χ1n) is 38.6. The Morgan fingerprint density at radius 3 is 0.659 bits per heavy atom. The molecule has 4 fully saturated rings. The van der Waals surface area contributed by atoms with Crippen LogP contribution in [0, 0.1) is 0 Å². The third-order valence-electron chi connectivity index (χ3n) is 19.6. The largest absolute Gasteiger partial charge is 0.463 e. The van der Waals surface area contributed by atoms with Gasteiger partial charge in [-0.3, -0.25) is 19.2 Å². The van der Waals surface area contributed by atoms with Crippen LogP contribution in [0.4, 0.5) is 0 Å². The molecule has 0 saturated carbocycles. The highest BCUT2D eigenvalue weighted by Crippen LogP contribution is 2.35. The van der Waals surface area contributed by atoms with Crippen molar-refractivity contribution in [2.75, 3.05) is 19.8 Å². The van der Waals surface area contributed by atoms with E-state index in [4.69, 9.17) is 33.2 Å². The SMILES string of the molecule is CCCCCCCCC1OC1CCCCCCCC(=O)NC(COC(=O)CCCCCCCC1OC1CCCCCCCC)(COC(=O)CCCCCCCC1OC1CCCCCCCC)COC(=O)CCCCCCCC1OC1CCCCCCCC. The van der Waals surface area contributed by atoms with E-state index in [1.807, 2.05) is 0 Å². The molecule has 0 aromatic heterocycles. The summed E-state index contributed by atoms with van der Waals surface area (Å²) < 4.78 is 41.8. The number of nitrogens with one attached hydrogen (secondary N) is 1. The van der Waals surface area contributed by atoms with Crippen LogP contribution in [0.5, 0.6) is 0 Å². The van der Waals surface area contributed by atoms with Crippen molar-refractivity contribution >= 4 is 23.8 Å². The number of carbonyl (C=O) groups excluding carboxylic acids is 4. The average Bonchev–Trinajstić information content (AvgIpc) is 3.53. The van der Waals surface area contributed by atoms with Crippen molar-refractivity contribution in [1.29, 1.82) is 0 Å². The zero-order valence-corrected chi connectivity index (χ0v) is 57.8. The lowest BCUT2D eigenvalue weighted by Crippen LogP contribution is -2.59. The van der Waals surface area contributed by atoms with Gasteiger partial charge in [0, 0.05) is 25.7 Å². The van der Waals surface area contributed by atoms with Gasteiger partial charge in [-0.25, -0.2) is 0 Å². The molecule has 0 aromatic rings. The third-order valence-corrected chi connectivity index (χ3v) is 19.6. The number of ether oxygens (including phenoxy) is 7. The van der Waals surface area contributed by atoms with Crippen LogP contribution >= 0.6 is 0 Å². The first-order valence-corrected chi connectivity index (χ1v) is 38.6. The number of hydrogen-bond donors (Lipinski definition) is 1. The summed E-state index contributed by atoms with van der Waals surface area (Å²) >= 11 is 0. The van der Waals surface area contributed by atoms with Crippen LogP contribution in [0.3, 0.4) is 0 Å². The Bertz CT molecular complexity index is 1570. The van der Waals surface area contributed by atoms with E-state index in [1.165, 1.54) is 180 Å². The Labute approximate surface area is 540 Å². The molecule has 4 aliphatic heterocycles. The molecule has 0 aromatic carbocycles. The van der Waals surface area contributed by atoms with Gasteiger partial charge in [0.15, 0.2) is 0 Å². The molecule has 4 rings (SSSR count). The number of epoxide rings is 4. The fraction of sp³-hybridized carbons (Fsp3) is 0.947. The maximum Gasteiger partial charge on any atom is 0.305 e. The highest BCUT2D eigenvalue weighted by molar-refractivity contribution is 5.77. The summed E-state index contributed by atoms with van der Waals surface area (Å²) in [5, 5.41) is 3.13. The minimum Gasteiger partial charge on any atom is -0.463 e. The third kappa shape index (κ3) is 42.0. The van der Waals surface area contributed by atoms with Crippen LogP contribution in [0.25, 0.3) is 0 Å².